The van der Waals surface area contributed by atoms with Crippen molar-refractivity contribution in [1.82, 2.24) is 5.32 Å². The van der Waals surface area contributed by atoms with Crippen LogP contribution in [0.3, 0.4) is 0 Å². The molecule has 1 amide bonds. The molecule has 0 radical (unpaired) electrons. The number of hydrogen-bond acceptors (Lipinski definition) is 1. The van der Waals surface area contributed by atoms with Gasteiger partial charge in [-0.2, -0.15) is 0 Å². The summed E-state index contributed by atoms with van der Waals surface area (Å²) in [5.41, 5.74) is 3.81. The Bertz CT molecular complexity index is 766. The first-order valence-electron chi connectivity index (χ1n) is 8.96. The Morgan fingerprint density at radius 2 is 1.77 bits per heavy atom. The van der Waals surface area contributed by atoms with Gasteiger partial charge in [-0.1, -0.05) is 37.6 Å². The van der Waals surface area contributed by atoms with E-state index >= 15 is 0 Å². The molecule has 1 N–H and O–H groups in total. The molecule has 0 atom stereocenters. The van der Waals surface area contributed by atoms with E-state index in [2.05, 4.69) is 18.3 Å². The second-order valence-electron chi connectivity index (χ2n) is 6.38. The maximum Gasteiger partial charge on any atom is 0.224 e. The lowest BCUT2D eigenvalue weighted by Gasteiger charge is -2.12. The largest absolute Gasteiger partial charge is 0.355 e. The molecule has 0 heterocycles. The van der Waals surface area contributed by atoms with E-state index in [1.54, 1.807) is 18.2 Å². The minimum Gasteiger partial charge on any atom is -0.355 e. The van der Waals surface area contributed by atoms with Crippen molar-refractivity contribution in [2.45, 2.75) is 39.5 Å². The maximum absolute atomic E-state index is 13.4. The predicted octanol–water partition coefficient (Wildman–Crippen LogP) is 5.21. The van der Waals surface area contributed by atoms with E-state index in [9.17, 15) is 13.6 Å². The lowest BCUT2D eigenvalue weighted by atomic mass is 9.96. The Balaban J connectivity index is 1.94. The predicted molar refractivity (Wildman–Crippen MR) is 102 cm³/mol. The van der Waals surface area contributed by atoms with Gasteiger partial charge in [0.15, 0.2) is 0 Å². The van der Waals surface area contributed by atoms with Crippen molar-refractivity contribution in [2.24, 2.45) is 0 Å². The van der Waals surface area contributed by atoms with Gasteiger partial charge in [0.2, 0.25) is 5.91 Å². The van der Waals surface area contributed by atoms with Crippen molar-refractivity contribution in [1.29, 1.82) is 0 Å². The number of aryl methyl sites for hydroxylation is 1. The van der Waals surface area contributed by atoms with Gasteiger partial charge in [0.25, 0.3) is 0 Å². The maximum atomic E-state index is 13.4. The molecule has 0 aliphatic carbocycles. The topological polar surface area (TPSA) is 29.1 Å². The first-order chi connectivity index (χ1) is 12.5. The van der Waals surface area contributed by atoms with Crippen LogP contribution in [0.25, 0.3) is 5.57 Å². The Labute approximate surface area is 153 Å². The van der Waals surface area contributed by atoms with Crippen LogP contribution in [0.5, 0.6) is 0 Å². The molecule has 0 saturated heterocycles. The van der Waals surface area contributed by atoms with Crippen LogP contribution in [0.1, 0.15) is 42.9 Å². The zero-order valence-electron chi connectivity index (χ0n) is 15.3. The Morgan fingerprint density at radius 1 is 1.08 bits per heavy atom. The highest BCUT2D eigenvalue weighted by Gasteiger charge is 2.08. The quantitative estimate of drug-likeness (QED) is 0.691. The fourth-order valence-corrected chi connectivity index (χ4v) is 2.84. The average molecular weight is 357 g/mol. The number of carbonyl (C=O) groups is 1. The molecule has 138 valence electrons. The van der Waals surface area contributed by atoms with E-state index < -0.39 is 0 Å². The van der Waals surface area contributed by atoms with Crippen LogP contribution in [0.4, 0.5) is 8.78 Å². The number of benzene rings is 2. The molecule has 2 nitrogen and oxygen atoms in total. The number of hydrogen-bond donors (Lipinski definition) is 1. The molecule has 2 aromatic carbocycles. The Hall–Kier alpha value is -2.49. The molecule has 0 bridgehead atoms. The highest BCUT2D eigenvalue weighted by molar-refractivity contribution is 5.79. The van der Waals surface area contributed by atoms with Gasteiger partial charge in [-0.05, 0) is 66.3 Å². The smallest absolute Gasteiger partial charge is 0.224 e. The van der Waals surface area contributed by atoms with E-state index in [4.69, 9.17) is 0 Å². The lowest BCUT2D eigenvalue weighted by molar-refractivity contribution is -0.120. The molecular formula is C22H25F2NO. The summed E-state index contributed by atoms with van der Waals surface area (Å²) >= 11 is 0. The SMILES string of the molecule is CCC/C=C(/CCNC(=O)Cc1ccc(F)cc1)c1ccc(F)cc1C. The summed E-state index contributed by atoms with van der Waals surface area (Å²) in [4.78, 5) is 12.1. The van der Waals surface area contributed by atoms with Crippen LogP contribution in [0.15, 0.2) is 48.5 Å². The zero-order chi connectivity index (χ0) is 18.9. The third-order valence-electron chi connectivity index (χ3n) is 4.21. The molecular weight excluding hydrogens is 332 g/mol. The molecule has 0 aliphatic rings. The molecule has 0 spiro atoms. The van der Waals surface area contributed by atoms with Gasteiger partial charge >= 0.3 is 0 Å². The summed E-state index contributed by atoms with van der Waals surface area (Å²) in [5.74, 6) is -0.648. The van der Waals surface area contributed by atoms with Crippen LogP contribution in [0, 0.1) is 18.6 Å². The number of nitrogens with one attached hydrogen (secondary N) is 1. The van der Waals surface area contributed by atoms with Crippen molar-refractivity contribution >= 4 is 11.5 Å². The minimum absolute atomic E-state index is 0.0951. The minimum atomic E-state index is -0.311. The molecule has 0 unspecified atom stereocenters. The van der Waals surface area contributed by atoms with E-state index in [1.807, 2.05) is 6.92 Å². The molecule has 2 aromatic rings. The molecule has 4 heteroatoms. The second-order valence-corrected chi connectivity index (χ2v) is 6.38. The van der Waals surface area contributed by atoms with Crippen molar-refractivity contribution in [3.63, 3.8) is 0 Å². The fraction of sp³-hybridized carbons (Fsp3) is 0.318. The summed E-state index contributed by atoms with van der Waals surface area (Å²) in [7, 11) is 0. The summed E-state index contributed by atoms with van der Waals surface area (Å²) < 4.78 is 26.3. The summed E-state index contributed by atoms with van der Waals surface area (Å²) in [5, 5.41) is 2.91. The average Bonchev–Trinajstić information content (AvgIpc) is 2.60. The third kappa shape index (κ3) is 6.10. The van der Waals surface area contributed by atoms with E-state index in [-0.39, 0.29) is 24.0 Å². The second kappa shape index (κ2) is 9.85. The molecule has 0 aromatic heterocycles. The lowest BCUT2D eigenvalue weighted by Crippen LogP contribution is -2.26. The van der Waals surface area contributed by atoms with Crippen LogP contribution in [-0.2, 0) is 11.2 Å². The number of amides is 1. The van der Waals surface area contributed by atoms with Crippen LogP contribution in [-0.4, -0.2) is 12.5 Å². The number of halogens is 2. The van der Waals surface area contributed by atoms with Crippen LogP contribution < -0.4 is 5.32 Å². The first kappa shape index (κ1) is 19.8. The zero-order valence-corrected chi connectivity index (χ0v) is 15.3. The molecule has 26 heavy (non-hydrogen) atoms. The van der Waals surface area contributed by atoms with Gasteiger partial charge < -0.3 is 5.32 Å². The van der Waals surface area contributed by atoms with Crippen molar-refractivity contribution < 1.29 is 13.6 Å². The van der Waals surface area contributed by atoms with E-state index in [1.165, 1.54) is 24.3 Å². The van der Waals surface area contributed by atoms with Gasteiger partial charge in [0.05, 0.1) is 6.42 Å². The van der Waals surface area contributed by atoms with Gasteiger partial charge in [0, 0.05) is 6.54 Å². The standard InChI is InChI=1S/C22H25F2NO/c1-3-4-5-18(21-11-10-20(24)14-16(21)2)12-13-25-22(26)15-17-6-8-19(23)9-7-17/h5-11,14H,3-4,12-13,15H2,1-2H3,(H,25,26)/b18-5-. The van der Waals surface area contributed by atoms with E-state index in [0.717, 1.165) is 35.1 Å². The first-order valence-corrected chi connectivity index (χ1v) is 8.96. The highest BCUT2D eigenvalue weighted by Crippen LogP contribution is 2.23. The summed E-state index contributed by atoms with van der Waals surface area (Å²) in [6.45, 7) is 4.51. The van der Waals surface area contributed by atoms with Gasteiger partial charge in [-0.3, -0.25) is 4.79 Å². The van der Waals surface area contributed by atoms with Gasteiger partial charge in [-0.15, -0.1) is 0 Å². The van der Waals surface area contributed by atoms with Gasteiger partial charge in [-0.25, -0.2) is 8.78 Å². The number of allylic oxidation sites excluding steroid dienone is 1. The fourth-order valence-electron chi connectivity index (χ4n) is 2.84. The summed E-state index contributed by atoms with van der Waals surface area (Å²) in [6, 6.07) is 10.7. The molecule has 0 saturated carbocycles. The van der Waals surface area contributed by atoms with Crippen LogP contribution in [0.2, 0.25) is 0 Å². The Kier molecular flexibility index (Phi) is 7.52. The van der Waals surface area contributed by atoms with Gasteiger partial charge in [0.1, 0.15) is 11.6 Å². The third-order valence-corrected chi connectivity index (χ3v) is 4.21. The van der Waals surface area contributed by atoms with Crippen molar-refractivity contribution in [3.05, 3.63) is 76.9 Å². The monoisotopic (exact) mass is 357 g/mol. The number of carbonyl (C=O) groups excluding carboxylic acids is 1. The number of unbranched alkanes of at least 4 members (excludes halogenated alkanes) is 1. The van der Waals surface area contributed by atoms with Crippen LogP contribution >= 0.6 is 0 Å². The molecule has 0 aliphatic heterocycles. The van der Waals surface area contributed by atoms with Crippen molar-refractivity contribution in [3.8, 4) is 0 Å². The highest BCUT2D eigenvalue weighted by atomic mass is 19.1. The number of rotatable bonds is 8. The molecule has 2 rings (SSSR count). The van der Waals surface area contributed by atoms with Crippen molar-refractivity contribution in [2.75, 3.05) is 6.54 Å². The molecule has 0 fully saturated rings. The summed E-state index contributed by atoms with van der Waals surface area (Å²) in [6.07, 6.45) is 5.04. The van der Waals surface area contributed by atoms with E-state index in [0.29, 0.717) is 13.0 Å². The Morgan fingerprint density at radius 3 is 2.42 bits per heavy atom. The normalized spacial score (nSPS) is 11.5.